The van der Waals surface area contributed by atoms with Gasteiger partial charge in [-0.15, -0.1) is 0 Å². The molecule has 1 fully saturated rings. The molecule has 1 unspecified atom stereocenters. The highest BCUT2D eigenvalue weighted by Gasteiger charge is 2.31. The number of carbonyl (C=O) groups is 2. The number of piperidine rings is 1. The third-order valence-electron chi connectivity index (χ3n) is 5.57. The fourth-order valence-electron chi connectivity index (χ4n) is 3.77. The summed E-state index contributed by atoms with van der Waals surface area (Å²) in [6.45, 7) is 4.35. The first kappa shape index (κ1) is 25.1. The van der Waals surface area contributed by atoms with Crippen molar-refractivity contribution in [2.75, 3.05) is 31.5 Å². The monoisotopic (exact) mass is 496 g/mol. The molecule has 2 aromatic rings. The van der Waals surface area contributed by atoms with Gasteiger partial charge in [0.2, 0.25) is 15.9 Å². The number of nitrogens with one attached hydrogen (secondary N) is 1. The number of nitrogens with zero attached hydrogens (tertiary/aromatic N) is 3. The molecule has 0 spiro atoms. The Hall–Kier alpha value is -2.56. The van der Waals surface area contributed by atoms with E-state index in [1.54, 1.807) is 26.0 Å². The molecule has 3 rings (SSSR count). The van der Waals surface area contributed by atoms with E-state index in [0.29, 0.717) is 30.2 Å². The Balaban J connectivity index is 1.77. The lowest BCUT2D eigenvalue weighted by molar-refractivity contribution is -0.121. The van der Waals surface area contributed by atoms with Crippen LogP contribution in [-0.4, -0.2) is 60.6 Å². The minimum absolute atomic E-state index is 0.0880. The van der Waals surface area contributed by atoms with E-state index in [0.717, 1.165) is 18.2 Å². The summed E-state index contributed by atoms with van der Waals surface area (Å²) in [5.74, 6) is -1.93. The highest BCUT2D eigenvalue weighted by atomic mass is 35.5. The molecule has 1 N–H and O–H groups in total. The van der Waals surface area contributed by atoms with Gasteiger partial charge in [-0.1, -0.05) is 25.4 Å². The number of carbonyl (C=O) groups excluding carboxylic acids is 2. The normalized spacial score (nSPS) is 16.6. The summed E-state index contributed by atoms with van der Waals surface area (Å²) < 4.78 is 41.4. The molecule has 8 nitrogen and oxygen atoms in total. The molecule has 33 heavy (non-hydrogen) atoms. The van der Waals surface area contributed by atoms with Crippen LogP contribution in [0, 0.1) is 11.7 Å². The van der Waals surface area contributed by atoms with E-state index in [4.69, 9.17) is 11.6 Å². The third-order valence-corrected chi connectivity index (χ3v) is 7.84. The Kier molecular flexibility index (Phi) is 8.04. The SMILES string of the molecule is CCN(CC)S(=O)(=O)c1ccc(F)c(C(=O)N2CCCC(C(=O)Nc3ccc(Cl)cn3)C2)c1. The van der Waals surface area contributed by atoms with Gasteiger partial charge in [-0.05, 0) is 43.2 Å². The van der Waals surface area contributed by atoms with Gasteiger partial charge in [0.1, 0.15) is 11.6 Å². The summed E-state index contributed by atoms with van der Waals surface area (Å²) in [5, 5.41) is 3.14. The molecule has 1 aromatic heterocycles. The number of amides is 2. The molecular formula is C22H26ClFN4O4S. The van der Waals surface area contributed by atoms with Crippen LogP contribution in [0.25, 0.3) is 0 Å². The largest absolute Gasteiger partial charge is 0.338 e. The molecule has 2 heterocycles. The van der Waals surface area contributed by atoms with Crippen molar-refractivity contribution in [1.29, 1.82) is 0 Å². The number of sulfonamides is 1. The van der Waals surface area contributed by atoms with Gasteiger partial charge >= 0.3 is 0 Å². The van der Waals surface area contributed by atoms with E-state index in [1.807, 2.05) is 0 Å². The van der Waals surface area contributed by atoms with Crippen molar-refractivity contribution in [3.8, 4) is 0 Å². The molecule has 0 bridgehead atoms. The predicted molar refractivity (Wildman–Crippen MR) is 123 cm³/mol. The Bertz CT molecular complexity index is 1120. The number of hydrogen-bond donors (Lipinski definition) is 1. The summed E-state index contributed by atoms with van der Waals surface area (Å²) in [4.78, 5) is 31.0. The number of likely N-dealkylation sites (tertiary alicyclic amines) is 1. The van der Waals surface area contributed by atoms with Crippen molar-refractivity contribution >= 4 is 39.3 Å². The fraction of sp³-hybridized carbons (Fsp3) is 0.409. The summed E-state index contributed by atoms with van der Waals surface area (Å²) in [6, 6.07) is 6.40. The lowest BCUT2D eigenvalue weighted by Crippen LogP contribution is -2.44. The standard InChI is InChI=1S/C22H26ClFN4O4S/c1-3-28(4-2)33(31,32)17-8-9-19(24)18(12-17)22(30)27-11-5-6-15(14-27)21(29)26-20-10-7-16(23)13-25-20/h7-10,12-13,15H,3-6,11,14H2,1-2H3,(H,25,26,29). The van der Waals surface area contributed by atoms with Gasteiger partial charge < -0.3 is 10.2 Å². The van der Waals surface area contributed by atoms with Gasteiger partial charge in [-0.3, -0.25) is 9.59 Å². The van der Waals surface area contributed by atoms with Crippen LogP contribution in [0.15, 0.2) is 41.4 Å². The topological polar surface area (TPSA) is 99.7 Å². The Morgan fingerprint density at radius 2 is 1.97 bits per heavy atom. The van der Waals surface area contributed by atoms with Crippen molar-refractivity contribution in [3.05, 3.63) is 52.9 Å². The van der Waals surface area contributed by atoms with E-state index in [2.05, 4.69) is 10.3 Å². The van der Waals surface area contributed by atoms with Gasteiger partial charge in [0, 0.05) is 32.4 Å². The second kappa shape index (κ2) is 10.6. The zero-order chi connectivity index (χ0) is 24.2. The molecule has 178 valence electrons. The van der Waals surface area contributed by atoms with E-state index in [9.17, 15) is 22.4 Å². The number of anilines is 1. The van der Waals surface area contributed by atoms with Crippen molar-refractivity contribution < 1.29 is 22.4 Å². The van der Waals surface area contributed by atoms with Crippen molar-refractivity contribution in [3.63, 3.8) is 0 Å². The zero-order valence-corrected chi connectivity index (χ0v) is 20.0. The van der Waals surface area contributed by atoms with E-state index >= 15 is 0 Å². The molecule has 0 saturated carbocycles. The maximum atomic E-state index is 14.5. The molecular weight excluding hydrogens is 471 g/mol. The van der Waals surface area contributed by atoms with E-state index < -0.39 is 27.7 Å². The van der Waals surface area contributed by atoms with Crippen LogP contribution >= 0.6 is 11.6 Å². The van der Waals surface area contributed by atoms with Crippen molar-refractivity contribution in [1.82, 2.24) is 14.2 Å². The van der Waals surface area contributed by atoms with Gasteiger partial charge in [0.25, 0.3) is 5.91 Å². The summed E-state index contributed by atoms with van der Waals surface area (Å²) >= 11 is 5.80. The van der Waals surface area contributed by atoms with Gasteiger partial charge in [-0.25, -0.2) is 17.8 Å². The van der Waals surface area contributed by atoms with Crippen LogP contribution in [-0.2, 0) is 14.8 Å². The quantitative estimate of drug-likeness (QED) is 0.633. The average molecular weight is 497 g/mol. The van der Waals surface area contributed by atoms with Crippen LogP contribution in [0.3, 0.4) is 0 Å². The minimum Gasteiger partial charge on any atom is -0.338 e. The van der Waals surface area contributed by atoms with E-state index in [1.165, 1.54) is 15.4 Å². The first-order valence-electron chi connectivity index (χ1n) is 10.7. The summed E-state index contributed by atoms with van der Waals surface area (Å²) in [6.07, 6.45) is 2.52. The van der Waals surface area contributed by atoms with Gasteiger partial charge in [0.05, 0.1) is 21.4 Å². The third kappa shape index (κ3) is 5.69. The van der Waals surface area contributed by atoms with Gasteiger partial charge in [0.15, 0.2) is 0 Å². The minimum atomic E-state index is -3.85. The second-order valence-corrected chi connectivity index (χ2v) is 10.0. The summed E-state index contributed by atoms with van der Waals surface area (Å²) in [5.41, 5.74) is -0.330. The number of benzene rings is 1. The first-order chi connectivity index (χ1) is 15.7. The molecule has 11 heteroatoms. The van der Waals surface area contributed by atoms with Crippen molar-refractivity contribution in [2.24, 2.45) is 5.92 Å². The van der Waals surface area contributed by atoms with Crippen LogP contribution in [0.4, 0.5) is 10.2 Å². The Labute approximate surface area is 197 Å². The summed E-state index contributed by atoms with van der Waals surface area (Å²) in [7, 11) is -3.85. The molecule has 1 aliphatic rings. The number of halogens is 2. The second-order valence-electron chi connectivity index (χ2n) is 7.67. The smallest absolute Gasteiger partial charge is 0.256 e. The molecule has 1 aliphatic heterocycles. The van der Waals surface area contributed by atoms with Crippen LogP contribution in [0.5, 0.6) is 0 Å². The first-order valence-corrected chi connectivity index (χ1v) is 12.5. The molecule has 2 amide bonds. The maximum absolute atomic E-state index is 14.5. The molecule has 0 radical (unpaired) electrons. The highest BCUT2D eigenvalue weighted by Crippen LogP contribution is 2.24. The highest BCUT2D eigenvalue weighted by molar-refractivity contribution is 7.89. The fourth-order valence-corrected chi connectivity index (χ4v) is 5.36. The van der Waals surface area contributed by atoms with Crippen LogP contribution in [0.2, 0.25) is 5.02 Å². The molecule has 1 atom stereocenters. The molecule has 0 aliphatic carbocycles. The van der Waals surface area contributed by atoms with Crippen molar-refractivity contribution in [2.45, 2.75) is 31.6 Å². The lowest BCUT2D eigenvalue weighted by Gasteiger charge is -2.32. The zero-order valence-electron chi connectivity index (χ0n) is 18.4. The predicted octanol–water partition coefficient (Wildman–Crippen LogP) is 3.40. The van der Waals surface area contributed by atoms with Crippen LogP contribution in [0.1, 0.15) is 37.0 Å². The average Bonchev–Trinajstić information content (AvgIpc) is 2.81. The Morgan fingerprint density at radius 1 is 1.24 bits per heavy atom. The van der Waals surface area contributed by atoms with Crippen LogP contribution < -0.4 is 5.32 Å². The number of rotatable bonds is 7. The number of aromatic nitrogens is 1. The van der Waals surface area contributed by atoms with Gasteiger partial charge in [-0.2, -0.15) is 4.31 Å². The molecule has 1 aromatic carbocycles. The lowest BCUT2D eigenvalue weighted by atomic mass is 9.96. The Morgan fingerprint density at radius 3 is 2.61 bits per heavy atom. The molecule has 1 saturated heterocycles. The maximum Gasteiger partial charge on any atom is 0.256 e. The number of pyridine rings is 1. The number of hydrogen-bond acceptors (Lipinski definition) is 5. The van der Waals surface area contributed by atoms with E-state index in [-0.39, 0.29) is 36.0 Å².